The zero-order valence-corrected chi connectivity index (χ0v) is 17.5. The third-order valence-corrected chi connectivity index (χ3v) is 5.81. The molecule has 7 nitrogen and oxygen atoms in total. The molecule has 0 aliphatic carbocycles. The second-order valence-corrected chi connectivity index (χ2v) is 8.52. The van der Waals surface area contributed by atoms with Gasteiger partial charge in [-0.2, -0.15) is 0 Å². The van der Waals surface area contributed by atoms with Gasteiger partial charge in [0.2, 0.25) is 0 Å². The van der Waals surface area contributed by atoms with Gasteiger partial charge < -0.3 is 10.6 Å². The molecule has 0 amide bonds. The number of para-hydroxylation sites is 3. The molecule has 4 aromatic rings. The molecule has 1 heterocycles. The lowest BCUT2D eigenvalue weighted by atomic mass is 10.3. The summed E-state index contributed by atoms with van der Waals surface area (Å²) in [6.07, 6.45) is 1.36. The van der Waals surface area contributed by atoms with Crippen LogP contribution in [0.3, 0.4) is 0 Å². The summed E-state index contributed by atoms with van der Waals surface area (Å²) in [5.41, 5.74) is 2.03. The maximum Gasteiger partial charge on any atom is 0.263 e. The molecule has 0 radical (unpaired) electrons. The topological polar surface area (TPSA) is 96.0 Å². The van der Waals surface area contributed by atoms with E-state index < -0.39 is 15.8 Å². The Morgan fingerprint density at radius 3 is 2.29 bits per heavy atom. The van der Waals surface area contributed by atoms with E-state index in [2.05, 4.69) is 25.3 Å². The van der Waals surface area contributed by atoms with Gasteiger partial charge in [0.15, 0.2) is 10.9 Å². The first kappa shape index (κ1) is 20.6. The molecule has 0 bridgehead atoms. The minimum atomic E-state index is -3.86. The molecule has 0 unspecified atom stereocenters. The molecule has 3 N–H and O–H groups in total. The quantitative estimate of drug-likeness (QED) is 0.386. The van der Waals surface area contributed by atoms with E-state index >= 15 is 0 Å². The highest BCUT2D eigenvalue weighted by molar-refractivity contribution is 7.92. The number of aromatic nitrogens is 2. The highest BCUT2D eigenvalue weighted by atomic mass is 32.2. The van der Waals surface area contributed by atoms with Crippen LogP contribution >= 0.6 is 12.2 Å². The molecule has 156 valence electrons. The Bertz CT molecular complexity index is 1360. The van der Waals surface area contributed by atoms with Gasteiger partial charge in [0.1, 0.15) is 5.82 Å². The Morgan fingerprint density at radius 2 is 1.55 bits per heavy atom. The number of thiocarbonyl (C=S) groups is 1. The Balaban J connectivity index is 1.44. The van der Waals surface area contributed by atoms with Gasteiger partial charge in [0.05, 0.1) is 27.8 Å². The number of anilines is 3. The number of rotatable bonds is 5. The zero-order chi connectivity index (χ0) is 21.8. The lowest BCUT2D eigenvalue weighted by Crippen LogP contribution is -2.20. The average molecular weight is 454 g/mol. The molecule has 0 saturated heterocycles. The highest BCUT2D eigenvalue weighted by Gasteiger charge is 2.15. The van der Waals surface area contributed by atoms with Gasteiger partial charge in [-0.05, 0) is 60.7 Å². The minimum Gasteiger partial charge on any atom is -0.332 e. The molecular weight excluding hydrogens is 437 g/mol. The van der Waals surface area contributed by atoms with Crippen LogP contribution in [0.15, 0.2) is 83.9 Å². The zero-order valence-electron chi connectivity index (χ0n) is 15.9. The predicted octanol–water partition coefficient (Wildman–Crippen LogP) is 4.38. The number of hydrogen-bond acceptors (Lipinski definition) is 5. The first-order valence-corrected chi connectivity index (χ1v) is 11.0. The van der Waals surface area contributed by atoms with Gasteiger partial charge in [0.25, 0.3) is 10.0 Å². The highest BCUT2D eigenvalue weighted by Crippen LogP contribution is 2.19. The van der Waals surface area contributed by atoms with Crippen molar-refractivity contribution in [1.82, 2.24) is 9.97 Å². The van der Waals surface area contributed by atoms with Crippen molar-refractivity contribution in [3.63, 3.8) is 0 Å². The molecule has 0 atom stereocenters. The number of nitrogens with one attached hydrogen (secondary N) is 3. The number of sulfonamides is 1. The van der Waals surface area contributed by atoms with E-state index in [1.807, 2.05) is 6.07 Å². The minimum absolute atomic E-state index is 0.0426. The molecule has 0 aliphatic heterocycles. The molecule has 0 fully saturated rings. The van der Waals surface area contributed by atoms with Crippen LogP contribution in [0.4, 0.5) is 21.6 Å². The monoisotopic (exact) mass is 453 g/mol. The number of nitrogens with zero attached hydrogens (tertiary/aromatic N) is 2. The maximum atomic E-state index is 13.7. The number of hydrogen-bond donors (Lipinski definition) is 3. The molecule has 0 saturated carbocycles. The van der Waals surface area contributed by atoms with E-state index in [0.717, 1.165) is 0 Å². The molecule has 0 spiro atoms. The molecule has 4 rings (SSSR count). The molecule has 3 aromatic carbocycles. The van der Waals surface area contributed by atoms with Crippen LogP contribution in [0.1, 0.15) is 0 Å². The number of halogens is 1. The van der Waals surface area contributed by atoms with Crippen molar-refractivity contribution < 1.29 is 12.8 Å². The van der Waals surface area contributed by atoms with Gasteiger partial charge in [-0.25, -0.2) is 17.8 Å². The number of fused-ring (bicyclic) bond motifs is 1. The summed E-state index contributed by atoms with van der Waals surface area (Å²) in [7, 11) is -3.86. The van der Waals surface area contributed by atoms with E-state index in [0.29, 0.717) is 16.7 Å². The third kappa shape index (κ3) is 4.93. The second-order valence-electron chi connectivity index (χ2n) is 6.43. The van der Waals surface area contributed by atoms with Crippen molar-refractivity contribution in [2.45, 2.75) is 4.90 Å². The molecule has 1 aromatic heterocycles. The fraction of sp³-hybridized carbons (Fsp3) is 0. The van der Waals surface area contributed by atoms with Crippen LogP contribution in [-0.2, 0) is 10.0 Å². The Kier molecular flexibility index (Phi) is 5.74. The van der Waals surface area contributed by atoms with Crippen LogP contribution in [0.25, 0.3) is 11.0 Å². The van der Waals surface area contributed by atoms with Gasteiger partial charge in [-0.3, -0.25) is 9.71 Å². The van der Waals surface area contributed by atoms with Gasteiger partial charge in [-0.15, -0.1) is 0 Å². The molecular formula is C21H16FN5O2S2. The summed E-state index contributed by atoms with van der Waals surface area (Å²) in [5, 5.41) is 5.80. The molecule has 10 heteroatoms. The van der Waals surface area contributed by atoms with Crippen LogP contribution in [0.2, 0.25) is 0 Å². The SMILES string of the molecule is O=S(=O)(Nc1cnc2ccccc2n1)c1ccc(NC(=S)Nc2ccccc2F)cc1. The normalized spacial score (nSPS) is 11.1. The maximum absolute atomic E-state index is 13.7. The molecule has 0 aliphatic rings. The lowest BCUT2D eigenvalue weighted by Gasteiger charge is -2.12. The lowest BCUT2D eigenvalue weighted by molar-refractivity contribution is 0.601. The summed E-state index contributed by atoms with van der Waals surface area (Å²) >= 11 is 5.17. The second kappa shape index (κ2) is 8.62. The summed E-state index contributed by atoms with van der Waals surface area (Å²) in [6.45, 7) is 0. The molecule has 31 heavy (non-hydrogen) atoms. The largest absolute Gasteiger partial charge is 0.332 e. The van der Waals surface area contributed by atoms with Crippen LogP contribution in [0.5, 0.6) is 0 Å². The summed E-state index contributed by atoms with van der Waals surface area (Å²) in [4.78, 5) is 8.51. The van der Waals surface area contributed by atoms with E-state index in [1.165, 1.54) is 24.4 Å². The summed E-state index contributed by atoms with van der Waals surface area (Å²) in [5.74, 6) is -0.313. The van der Waals surface area contributed by atoms with E-state index in [4.69, 9.17) is 12.2 Å². The van der Waals surface area contributed by atoms with Gasteiger partial charge >= 0.3 is 0 Å². The van der Waals surface area contributed by atoms with Crippen molar-refractivity contribution in [2.24, 2.45) is 0 Å². The average Bonchev–Trinajstić information content (AvgIpc) is 2.75. The van der Waals surface area contributed by atoms with Gasteiger partial charge in [-0.1, -0.05) is 24.3 Å². The van der Waals surface area contributed by atoms with Crippen molar-refractivity contribution in [3.05, 3.63) is 84.8 Å². The first-order valence-electron chi connectivity index (χ1n) is 9.08. The van der Waals surface area contributed by atoms with Crippen LogP contribution < -0.4 is 15.4 Å². The van der Waals surface area contributed by atoms with Crippen LogP contribution in [-0.4, -0.2) is 23.5 Å². The first-order chi connectivity index (χ1) is 14.9. The summed E-state index contributed by atoms with van der Waals surface area (Å²) in [6, 6.07) is 19.2. The standard InChI is InChI=1S/C21H16FN5O2S2/c22-16-5-1-2-6-17(16)26-21(30)24-14-9-11-15(12-10-14)31(28,29)27-20-13-23-18-7-3-4-8-19(18)25-20/h1-13H,(H,25,27)(H2,24,26,30). The van der Waals surface area contributed by atoms with E-state index in [9.17, 15) is 12.8 Å². The fourth-order valence-corrected chi connectivity index (χ4v) is 3.98. The van der Waals surface area contributed by atoms with Crippen molar-refractivity contribution in [2.75, 3.05) is 15.4 Å². The van der Waals surface area contributed by atoms with Crippen LogP contribution in [0, 0.1) is 5.82 Å². The van der Waals surface area contributed by atoms with Crippen molar-refractivity contribution >= 4 is 55.6 Å². The Labute approximate surface area is 183 Å². The van der Waals surface area contributed by atoms with Crippen molar-refractivity contribution in [1.29, 1.82) is 0 Å². The third-order valence-electron chi connectivity index (χ3n) is 4.23. The fourth-order valence-electron chi connectivity index (χ4n) is 2.77. The Morgan fingerprint density at radius 1 is 0.871 bits per heavy atom. The van der Waals surface area contributed by atoms with Gasteiger partial charge in [0, 0.05) is 5.69 Å². The Hall–Kier alpha value is -3.63. The van der Waals surface area contributed by atoms with E-state index in [1.54, 1.807) is 48.5 Å². The van der Waals surface area contributed by atoms with Crippen molar-refractivity contribution in [3.8, 4) is 0 Å². The van der Waals surface area contributed by atoms with E-state index in [-0.39, 0.29) is 21.5 Å². The smallest absolute Gasteiger partial charge is 0.263 e. The summed E-state index contributed by atoms with van der Waals surface area (Å²) < 4.78 is 41.5. The number of benzene rings is 3. The predicted molar refractivity (Wildman–Crippen MR) is 123 cm³/mol.